The molecule has 98 valence electrons. The Labute approximate surface area is 117 Å². The van der Waals surface area contributed by atoms with Crippen LogP contribution < -0.4 is 5.32 Å². The first kappa shape index (κ1) is 13.4. The number of benzene rings is 2. The maximum absolute atomic E-state index is 11.8. The van der Waals surface area contributed by atoms with Gasteiger partial charge in [0, 0.05) is 10.7 Å². The molecule has 2 rings (SSSR count). The van der Waals surface area contributed by atoms with Crippen LogP contribution in [-0.2, 0) is 4.74 Å². The molecule has 0 aliphatic carbocycles. The molecule has 4 heteroatoms. The molecule has 0 atom stereocenters. The number of nitrogens with one attached hydrogen (secondary N) is 1. The minimum Gasteiger partial charge on any atom is -0.462 e. The number of hydrogen-bond acceptors (Lipinski definition) is 3. The quantitative estimate of drug-likeness (QED) is 0.847. The molecule has 0 aliphatic rings. The lowest BCUT2D eigenvalue weighted by molar-refractivity contribution is 0.0527. The standard InChI is InChI=1S/C15H14ClNO2/c1-2-19-15(18)13-5-3-4-6-14(13)17-12-9-7-11(16)8-10-12/h3-10,17H,2H2,1H3. The van der Waals surface area contributed by atoms with E-state index >= 15 is 0 Å². The van der Waals surface area contributed by atoms with E-state index in [2.05, 4.69) is 5.32 Å². The van der Waals surface area contributed by atoms with Gasteiger partial charge < -0.3 is 10.1 Å². The third kappa shape index (κ3) is 3.48. The molecule has 0 aliphatic heterocycles. The van der Waals surface area contributed by atoms with E-state index in [-0.39, 0.29) is 5.97 Å². The lowest BCUT2D eigenvalue weighted by atomic mass is 10.1. The van der Waals surface area contributed by atoms with E-state index in [1.165, 1.54) is 0 Å². The summed E-state index contributed by atoms with van der Waals surface area (Å²) in [6.07, 6.45) is 0. The molecule has 0 radical (unpaired) electrons. The van der Waals surface area contributed by atoms with E-state index in [4.69, 9.17) is 16.3 Å². The Morgan fingerprint density at radius 2 is 1.84 bits per heavy atom. The van der Waals surface area contributed by atoms with Gasteiger partial charge in [0.15, 0.2) is 0 Å². The SMILES string of the molecule is CCOC(=O)c1ccccc1Nc1ccc(Cl)cc1. The third-order valence-electron chi connectivity index (χ3n) is 2.55. The molecule has 0 saturated carbocycles. The summed E-state index contributed by atoms with van der Waals surface area (Å²) < 4.78 is 5.03. The van der Waals surface area contributed by atoms with Gasteiger partial charge in [0.1, 0.15) is 0 Å². The fraction of sp³-hybridized carbons (Fsp3) is 0.133. The fourth-order valence-electron chi connectivity index (χ4n) is 1.67. The lowest BCUT2D eigenvalue weighted by Gasteiger charge is -2.11. The Morgan fingerprint density at radius 3 is 2.53 bits per heavy atom. The molecule has 0 saturated heterocycles. The van der Waals surface area contributed by atoms with Gasteiger partial charge in [0.2, 0.25) is 0 Å². The van der Waals surface area contributed by atoms with Crippen LogP contribution in [-0.4, -0.2) is 12.6 Å². The molecule has 3 nitrogen and oxygen atoms in total. The first-order valence-corrected chi connectivity index (χ1v) is 6.37. The van der Waals surface area contributed by atoms with Crippen molar-refractivity contribution >= 4 is 28.9 Å². The van der Waals surface area contributed by atoms with E-state index in [1.807, 2.05) is 24.3 Å². The first-order valence-electron chi connectivity index (χ1n) is 5.99. The van der Waals surface area contributed by atoms with Crippen molar-refractivity contribution in [3.63, 3.8) is 0 Å². The summed E-state index contributed by atoms with van der Waals surface area (Å²) in [5.41, 5.74) is 2.09. The highest BCUT2D eigenvalue weighted by molar-refractivity contribution is 6.30. The molecule has 2 aromatic rings. The van der Waals surface area contributed by atoms with Gasteiger partial charge in [-0.1, -0.05) is 23.7 Å². The average Bonchev–Trinajstić information content (AvgIpc) is 2.42. The lowest BCUT2D eigenvalue weighted by Crippen LogP contribution is -2.07. The summed E-state index contributed by atoms with van der Waals surface area (Å²) in [6, 6.07) is 14.5. The van der Waals surface area contributed by atoms with Crippen LogP contribution in [0.15, 0.2) is 48.5 Å². The van der Waals surface area contributed by atoms with Gasteiger partial charge in [-0.3, -0.25) is 0 Å². The fourth-order valence-corrected chi connectivity index (χ4v) is 1.79. The van der Waals surface area contributed by atoms with Crippen LogP contribution in [0.3, 0.4) is 0 Å². The van der Waals surface area contributed by atoms with Crippen molar-refractivity contribution in [1.29, 1.82) is 0 Å². The Bertz CT molecular complexity index is 567. The van der Waals surface area contributed by atoms with Crippen LogP contribution in [0.5, 0.6) is 0 Å². The predicted molar refractivity (Wildman–Crippen MR) is 77.1 cm³/mol. The zero-order valence-corrected chi connectivity index (χ0v) is 11.3. The number of anilines is 2. The number of halogens is 1. The maximum atomic E-state index is 11.8. The summed E-state index contributed by atoms with van der Waals surface area (Å²) in [6.45, 7) is 2.14. The summed E-state index contributed by atoms with van der Waals surface area (Å²) >= 11 is 5.84. The highest BCUT2D eigenvalue weighted by atomic mass is 35.5. The molecular formula is C15H14ClNO2. The second-order valence-electron chi connectivity index (χ2n) is 3.90. The van der Waals surface area contributed by atoms with Crippen LogP contribution in [0, 0.1) is 0 Å². The van der Waals surface area contributed by atoms with Gasteiger partial charge in [0.25, 0.3) is 0 Å². The van der Waals surface area contributed by atoms with Crippen molar-refractivity contribution in [2.75, 3.05) is 11.9 Å². The largest absolute Gasteiger partial charge is 0.462 e. The Hall–Kier alpha value is -2.00. The minimum absolute atomic E-state index is 0.334. The van der Waals surface area contributed by atoms with Crippen molar-refractivity contribution in [2.45, 2.75) is 6.92 Å². The Kier molecular flexibility index (Phi) is 4.42. The number of esters is 1. The van der Waals surface area contributed by atoms with Crippen molar-refractivity contribution in [3.05, 3.63) is 59.1 Å². The average molecular weight is 276 g/mol. The van der Waals surface area contributed by atoms with E-state index in [1.54, 1.807) is 31.2 Å². The predicted octanol–water partition coefficient (Wildman–Crippen LogP) is 4.26. The van der Waals surface area contributed by atoms with Crippen molar-refractivity contribution < 1.29 is 9.53 Å². The Balaban J connectivity index is 2.24. The van der Waals surface area contributed by atoms with Crippen LogP contribution in [0.25, 0.3) is 0 Å². The molecule has 0 aromatic heterocycles. The number of rotatable bonds is 4. The summed E-state index contributed by atoms with van der Waals surface area (Å²) in [5.74, 6) is -0.334. The Morgan fingerprint density at radius 1 is 1.16 bits per heavy atom. The van der Waals surface area contributed by atoms with E-state index in [0.29, 0.717) is 22.9 Å². The molecule has 2 aromatic carbocycles. The monoisotopic (exact) mass is 275 g/mol. The van der Waals surface area contributed by atoms with Gasteiger partial charge in [-0.15, -0.1) is 0 Å². The van der Waals surface area contributed by atoms with E-state index in [9.17, 15) is 4.79 Å². The van der Waals surface area contributed by atoms with Crippen LogP contribution in [0.4, 0.5) is 11.4 Å². The second-order valence-corrected chi connectivity index (χ2v) is 4.33. The molecule has 0 fully saturated rings. The molecule has 0 heterocycles. The minimum atomic E-state index is -0.334. The summed E-state index contributed by atoms with van der Waals surface area (Å²) in [5, 5.41) is 3.85. The molecular weight excluding hydrogens is 262 g/mol. The molecule has 0 bridgehead atoms. The first-order chi connectivity index (χ1) is 9.20. The van der Waals surface area contributed by atoms with Crippen molar-refractivity contribution in [2.24, 2.45) is 0 Å². The summed E-state index contributed by atoms with van der Waals surface area (Å²) in [4.78, 5) is 11.8. The van der Waals surface area contributed by atoms with E-state index < -0.39 is 0 Å². The number of ether oxygens (including phenoxy) is 1. The topological polar surface area (TPSA) is 38.3 Å². The summed E-state index contributed by atoms with van der Waals surface area (Å²) in [7, 11) is 0. The van der Waals surface area contributed by atoms with Crippen LogP contribution in [0.1, 0.15) is 17.3 Å². The van der Waals surface area contributed by atoms with Gasteiger partial charge in [-0.2, -0.15) is 0 Å². The smallest absolute Gasteiger partial charge is 0.340 e. The number of hydrogen-bond donors (Lipinski definition) is 1. The number of carbonyl (C=O) groups excluding carboxylic acids is 1. The molecule has 0 amide bonds. The molecule has 0 unspecified atom stereocenters. The zero-order chi connectivity index (χ0) is 13.7. The van der Waals surface area contributed by atoms with Gasteiger partial charge in [-0.05, 0) is 43.3 Å². The van der Waals surface area contributed by atoms with Crippen molar-refractivity contribution in [1.82, 2.24) is 0 Å². The normalized spacial score (nSPS) is 10.0. The van der Waals surface area contributed by atoms with Crippen molar-refractivity contribution in [3.8, 4) is 0 Å². The molecule has 1 N–H and O–H groups in total. The highest BCUT2D eigenvalue weighted by Gasteiger charge is 2.11. The molecule has 0 spiro atoms. The van der Waals surface area contributed by atoms with Crippen LogP contribution in [0.2, 0.25) is 5.02 Å². The highest BCUT2D eigenvalue weighted by Crippen LogP contribution is 2.22. The number of para-hydroxylation sites is 1. The van der Waals surface area contributed by atoms with E-state index in [0.717, 1.165) is 5.69 Å². The number of carbonyl (C=O) groups is 1. The van der Waals surface area contributed by atoms with Gasteiger partial charge in [0.05, 0.1) is 17.9 Å². The van der Waals surface area contributed by atoms with Gasteiger partial charge in [-0.25, -0.2) is 4.79 Å². The van der Waals surface area contributed by atoms with Crippen LogP contribution >= 0.6 is 11.6 Å². The third-order valence-corrected chi connectivity index (χ3v) is 2.80. The second kappa shape index (κ2) is 6.25. The zero-order valence-electron chi connectivity index (χ0n) is 10.5. The maximum Gasteiger partial charge on any atom is 0.340 e. The van der Waals surface area contributed by atoms with Gasteiger partial charge >= 0.3 is 5.97 Å². The molecule has 19 heavy (non-hydrogen) atoms.